The third kappa shape index (κ3) is 3.90. The number of anilines is 1. The normalized spacial score (nSPS) is 15.9. The molecule has 5 rings (SSSR count). The van der Waals surface area contributed by atoms with E-state index in [1.807, 2.05) is 12.1 Å². The molecular formula is C27H24BF3N3O2-. The number of halogens is 3. The number of hydrogen-bond donors (Lipinski definition) is 1. The molecule has 2 aliphatic rings. The lowest BCUT2D eigenvalue weighted by Gasteiger charge is -2.46. The van der Waals surface area contributed by atoms with Gasteiger partial charge in [-0.2, -0.15) is 0 Å². The molecule has 0 bridgehead atoms. The van der Waals surface area contributed by atoms with Gasteiger partial charge in [-0.25, -0.2) is 4.39 Å². The Kier molecular flexibility index (Phi) is 5.78. The largest absolute Gasteiger partial charge is 0.529 e. The number of amides is 1. The van der Waals surface area contributed by atoms with Gasteiger partial charge in [-0.1, -0.05) is 24.3 Å². The summed E-state index contributed by atoms with van der Waals surface area (Å²) in [5, 5.41) is 2.72. The Morgan fingerprint density at radius 2 is 1.86 bits per heavy atom. The maximum absolute atomic E-state index is 15.9. The van der Waals surface area contributed by atoms with Gasteiger partial charge in [0.25, 0.3) is 0 Å². The smallest absolute Gasteiger partial charge is 0.497 e. The van der Waals surface area contributed by atoms with E-state index >= 15 is 8.63 Å². The van der Waals surface area contributed by atoms with Crippen molar-refractivity contribution in [2.45, 2.75) is 13.8 Å². The number of carbonyl (C=O) groups excluding carboxylic acids is 1. The molecular weight excluding hydrogens is 466 g/mol. The molecule has 2 aliphatic heterocycles. The van der Waals surface area contributed by atoms with Crippen molar-refractivity contribution in [1.82, 2.24) is 9.29 Å². The van der Waals surface area contributed by atoms with Gasteiger partial charge in [0, 0.05) is 53.4 Å². The van der Waals surface area contributed by atoms with Crippen LogP contribution < -0.4 is 10.1 Å². The van der Waals surface area contributed by atoms with E-state index in [2.05, 4.69) is 5.32 Å². The first-order valence-electron chi connectivity index (χ1n) is 11.5. The molecule has 0 spiro atoms. The molecule has 0 aliphatic carbocycles. The van der Waals surface area contributed by atoms with Crippen LogP contribution in [0.3, 0.4) is 0 Å². The third-order valence-corrected chi connectivity index (χ3v) is 6.46. The van der Waals surface area contributed by atoms with Gasteiger partial charge < -0.3 is 28.0 Å². The van der Waals surface area contributed by atoms with Gasteiger partial charge in [-0.3, -0.25) is 4.79 Å². The summed E-state index contributed by atoms with van der Waals surface area (Å²) >= 11 is 0. The second-order valence-corrected chi connectivity index (χ2v) is 8.85. The second-order valence-electron chi connectivity index (χ2n) is 8.85. The molecule has 0 unspecified atom stereocenters. The summed E-state index contributed by atoms with van der Waals surface area (Å²) in [7, 11) is 1.45. The SMILES string of the molecule is COc1ccc(/C=C/c2cc(C)c3n2[B-](F)(F)N2CC=CC2=C3c2ccc(NC(C)=O)cc2)c(F)c1. The monoisotopic (exact) mass is 490 g/mol. The summed E-state index contributed by atoms with van der Waals surface area (Å²) in [4.78, 5) is 12.5. The van der Waals surface area contributed by atoms with Crippen molar-refractivity contribution >= 4 is 36.3 Å². The molecule has 2 aromatic carbocycles. The van der Waals surface area contributed by atoms with E-state index in [9.17, 15) is 9.18 Å². The predicted octanol–water partition coefficient (Wildman–Crippen LogP) is 5.94. The number of methoxy groups -OCH3 is 1. The number of carbonyl (C=O) groups is 1. The number of fused-ring (bicyclic) bond motifs is 2. The van der Waals surface area contributed by atoms with Crippen LogP contribution in [-0.2, 0) is 4.79 Å². The number of nitrogens with zero attached hydrogens (tertiary/aromatic N) is 2. The summed E-state index contributed by atoms with van der Waals surface area (Å²) in [5.74, 6) is -0.316. The van der Waals surface area contributed by atoms with Crippen LogP contribution in [0.4, 0.5) is 18.7 Å². The first-order valence-corrected chi connectivity index (χ1v) is 11.5. The highest BCUT2D eigenvalue weighted by molar-refractivity contribution is 6.63. The van der Waals surface area contributed by atoms with Crippen LogP contribution in [0.15, 0.2) is 66.4 Å². The molecule has 3 heterocycles. The molecule has 1 amide bonds. The lowest BCUT2D eigenvalue weighted by atomic mass is 9.84. The van der Waals surface area contributed by atoms with Crippen LogP contribution >= 0.6 is 0 Å². The number of benzene rings is 2. The highest BCUT2D eigenvalue weighted by Crippen LogP contribution is 2.44. The van der Waals surface area contributed by atoms with Crippen molar-refractivity contribution in [2.75, 3.05) is 19.0 Å². The summed E-state index contributed by atoms with van der Waals surface area (Å²) in [5.41, 5.74) is 4.15. The second kappa shape index (κ2) is 8.82. The van der Waals surface area contributed by atoms with E-state index in [0.29, 0.717) is 34.0 Å². The van der Waals surface area contributed by atoms with E-state index in [1.54, 1.807) is 49.4 Å². The van der Waals surface area contributed by atoms with Crippen LogP contribution in [0.25, 0.3) is 17.7 Å². The molecule has 0 atom stereocenters. The number of hydrogen-bond acceptors (Lipinski definition) is 3. The summed E-state index contributed by atoms with van der Waals surface area (Å²) in [6.07, 6.45) is 6.46. The Bertz CT molecular complexity index is 1460. The summed E-state index contributed by atoms with van der Waals surface area (Å²) in [6, 6.07) is 13.2. The third-order valence-electron chi connectivity index (χ3n) is 6.46. The van der Waals surface area contributed by atoms with Crippen LogP contribution in [0.5, 0.6) is 5.75 Å². The Morgan fingerprint density at radius 1 is 1.11 bits per heavy atom. The molecule has 0 radical (unpaired) electrons. The van der Waals surface area contributed by atoms with Gasteiger partial charge in [-0.15, -0.1) is 0 Å². The molecule has 1 aromatic heterocycles. The highest BCUT2D eigenvalue weighted by atomic mass is 19.2. The van der Waals surface area contributed by atoms with Gasteiger partial charge in [0.15, 0.2) is 0 Å². The predicted molar refractivity (Wildman–Crippen MR) is 137 cm³/mol. The van der Waals surface area contributed by atoms with Crippen molar-refractivity contribution in [1.29, 1.82) is 0 Å². The Labute approximate surface area is 207 Å². The highest BCUT2D eigenvalue weighted by Gasteiger charge is 2.44. The van der Waals surface area contributed by atoms with E-state index in [-0.39, 0.29) is 23.7 Å². The van der Waals surface area contributed by atoms with E-state index in [4.69, 9.17) is 4.74 Å². The maximum Gasteiger partial charge on any atom is 0.529 e. The zero-order valence-corrected chi connectivity index (χ0v) is 20.1. The molecule has 1 N–H and O–H groups in total. The zero-order valence-electron chi connectivity index (χ0n) is 20.1. The quantitative estimate of drug-likeness (QED) is 0.451. The van der Waals surface area contributed by atoms with E-state index in [1.165, 1.54) is 32.3 Å². The Morgan fingerprint density at radius 3 is 2.53 bits per heavy atom. The fourth-order valence-corrected chi connectivity index (χ4v) is 4.87. The number of ether oxygens (including phenoxy) is 1. The summed E-state index contributed by atoms with van der Waals surface area (Å²) in [6.45, 7) is -0.836. The van der Waals surface area contributed by atoms with E-state index < -0.39 is 12.8 Å². The number of nitrogens with one attached hydrogen (secondary N) is 1. The van der Waals surface area contributed by atoms with Crippen molar-refractivity contribution in [2.24, 2.45) is 0 Å². The molecule has 0 fully saturated rings. The van der Waals surface area contributed by atoms with E-state index in [0.717, 1.165) is 14.9 Å². The van der Waals surface area contributed by atoms with Gasteiger partial charge in [-0.05, 0) is 60.5 Å². The van der Waals surface area contributed by atoms with Gasteiger partial charge >= 0.3 is 6.97 Å². The lowest BCUT2D eigenvalue weighted by molar-refractivity contribution is -0.114. The van der Waals surface area contributed by atoms with Crippen LogP contribution in [0.1, 0.15) is 35.0 Å². The minimum Gasteiger partial charge on any atom is -0.497 e. The average molecular weight is 490 g/mol. The molecule has 184 valence electrons. The van der Waals surface area contributed by atoms with Crippen LogP contribution in [0.2, 0.25) is 0 Å². The first kappa shape index (κ1) is 23.6. The van der Waals surface area contributed by atoms with Crippen LogP contribution in [0, 0.1) is 12.7 Å². The Hall–Kier alpha value is -4.14. The minimum absolute atomic E-state index is 0.0861. The summed E-state index contributed by atoms with van der Waals surface area (Å²) < 4.78 is 52.4. The van der Waals surface area contributed by atoms with Crippen molar-refractivity contribution < 1.29 is 22.6 Å². The molecule has 0 saturated heterocycles. The zero-order chi connectivity index (χ0) is 25.6. The topological polar surface area (TPSA) is 46.5 Å². The molecule has 0 saturated carbocycles. The van der Waals surface area contributed by atoms with Gasteiger partial charge in [0.2, 0.25) is 5.91 Å². The number of aromatic nitrogens is 1. The lowest BCUT2D eigenvalue weighted by Crippen LogP contribution is -2.54. The van der Waals surface area contributed by atoms with Crippen LogP contribution in [-0.4, -0.2) is 35.8 Å². The van der Waals surface area contributed by atoms with Crippen molar-refractivity contribution in [3.8, 4) is 5.75 Å². The Balaban J connectivity index is 1.63. The van der Waals surface area contributed by atoms with Gasteiger partial charge in [0.1, 0.15) is 11.6 Å². The minimum atomic E-state index is -4.14. The fourth-order valence-electron chi connectivity index (χ4n) is 4.87. The number of aryl methyl sites for hydroxylation is 1. The molecule has 9 heteroatoms. The molecule has 3 aromatic rings. The van der Waals surface area contributed by atoms with Crippen molar-refractivity contribution in [3.05, 3.63) is 100 Å². The fraction of sp³-hybridized carbons (Fsp3) is 0.148. The van der Waals surface area contributed by atoms with Gasteiger partial charge in [0.05, 0.1) is 7.11 Å². The number of rotatable bonds is 5. The average Bonchev–Trinajstić information content (AvgIpc) is 3.45. The molecule has 5 nitrogen and oxygen atoms in total. The molecule has 36 heavy (non-hydrogen) atoms. The standard InChI is InChI=1S/C27H24BF3N3O2/c1-17-15-22(12-8-19-9-13-23(36-3)16-24(19)29)34-27(17)26(25-5-4-14-33(25)28(34,30)31)20-6-10-21(11-7-20)32-18(2)35/h4-13,15-16H,14H2,1-3H3,(H,32,35)/q-1/b12-8+. The number of allylic oxidation sites excluding steroid dienone is 1. The first-order chi connectivity index (χ1) is 17.2. The maximum atomic E-state index is 15.9. The van der Waals surface area contributed by atoms with Crippen molar-refractivity contribution in [3.63, 3.8) is 0 Å².